The summed E-state index contributed by atoms with van der Waals surface area (Å²) in [5, 5.41) is 2.98. The number of anilines is 1. The van der Waals surface area contributed by atoms with Crippen molar-refractivity contribution in [2.75, 3.05) is 38.8 Å². The Hall–Kier alpha value is -1.40. The van der Waals surface area contributed by atoms with Gasteiger partial charge in [0.15, 0.2) is 5.82 Å². The summed E-state index contributed by atoms with van der Waals surface area (Å²) in [6.45, 7) is 6.93. The van der Waals surface area contributed by atoms with Crippen LogP contribution in [0.1, 0.15) is 32.5 Å². The number of nitrogens with zero attached hydrogens (tertiary/aromatic N) is 2. The molecule has 1 aromatic rings. The summed E-state index contributed by atoms with van der Waals surface area (Å²) < 4.78 is 16.3. The van der Waals surface area contributed by atoms with Gasteiger partial charge < -0.3 is 19.5 Å². The molecule has 0 saturated heterocycles. The van der Waals surface area contributed by atoms with E-state index in [2.05, 4.69) is 22.2 Å². The van der Waals surface area contributed by atoms with Crippen molar-refractivity contribution in [3.63, 3.8) is 0 Å². The lowest BCUT2D eigenvalue weighted by atomic mass is 10.4. The molecule has 6 nitrogen and oxygen atoms in total. The number of aromatic nitrogens is 2. The second-order valence-electron chi connectivity index (χ2n) is 4.21. The fraction of sp³-hybridized carbons (Fsp3) is 0.714. The van der Waals surface area contributed by atoms with E-state index in [-0.39, 0.29) is 0 Å². The number of hydrogen-bond donors (Lipinski definition) is 1. The van der Waals surface area contributed by atoms with Crippen molar-refractivity contribution in [2.24, 2.45) is 0 Å². The first-order chi connectivity index (χ1) is 9.80. The molecule has 0 atom stereocenters. The van der Waals surface area contributed by atoms with Crippen LogP contribution in [0.15, 0.2) is 6.07 Å². The minimum absolute atomic E-state index is 0.384. The summed E-state index contributed by atoms with van der Waals surface area (Å²) in [7, 11) is 1.81. The Morgan fingerprint density at radius 1 is 1.10 bits per heavy atom. The van der Waals surface area contributed by atoms with Gasteiger partial charge in [-0.2, -0.15) is 4.98 Å². The minimum atomic E-state index is 0.384. The lowest BCUT2D eigenvalue weighted by molar-refractivity contribution is 0.0955. The van der Waals surface area contributed by atoms with Crippen LogP contribution in [0.5, 0.6) is 5.88 Å². The van der Waals surface area contributed by atoms with Gasteiger partial charge in [0.25, 0.3) is 0 Å². The molecule has 0 fully saturated rings. The Kier molecular flexibility index (Phi) is 8.66. The van der Waals surface area contributed by atoms with Gasteiger partial charge in [-0.25, -0.2) is 4.98 Å². The molecule has 6 heteroatoms. The van der Waals surface area contributed by atoms with Gasteiger partial charge in [-0.1, -0.05) is 13.3 Å². The number of rotatable bonds is 11. The van der Waals surface area contributed by atoms with Gasteiger partial charge in [0.2, 0.25) is 5.88 Å². The second kappa shape index (κ2) is 10.4. The predicted molar refractivity (Wildman–Crippen MR) is 78.1 cm³/mol. The third kappa shape index (κ3) is 6.68. The van der Waals surface area contributed by atoms with E-state index in [1.165, 1.54) is 0 Å². The predicted octanol–water partition coefficient (Wildman–Crippen LogP) is 2.25. The van der Waals surface area contributed by atoms with Crippen LogP contribution in [0, 0.1) is 0 Å². The second-order valence-corrected chi connectivity index (χ2v) is 4.21. The molecule has 0 aliphatic carbocycles. The van der Waals surface area contributed by atoms with E-state index in [4.69, 9.17) is 14.2 Å². The van der Waals surface area contributed by atoms with Crippen molar-refractivity contribution in [3.8, 4) is 5.88 Å². The molecule has 1 aromatic heterocycles. The van der Waals surface area contributed by atoms with E-state index >= 15 is 0 Å². The van der Waals surface area contributed by atoms with E-state index in [0.717, 1.165) is 25.3 Å². The third-order valence-corrected chi connectivity index (χ3v) is 2.56. The summed E-state index contributed by atoms with van der Waals surface area (Å²) in [5.41, 5.74) is 0. The minimum Gasteiger partial charge on any atom is -0.475 e. The van der Waals surface area contributed by atoms with E-state index in [9.17, 15) is 0 Å². The standard InChI is InChI=1S/C14H25N3O3/c1-4-6-7-19-8-9-20-14-10-12(15-3)16-13(17-14)11-18-5-2/h10H,4-9,11H2,1-3H3,(H,15,16,17). The van der Waals surface area contributed by atoms with Crippen LogP contribution in [0.2, 0.25) is 0 Å². The van der Waals surface area contributed by atoms with Gasteiger partial charge in [-0.15, -0.1) is 0 Å². The average Bonchev–Trinajstić information content (AvgIpc) is 2.48. The van der Waals surface area contributed by atoms with Crippen LogP contribution in [0.3, 0.4) is 0 Å². The summed E-state index contributed by atoms with van der Waals surface area (Å²) in [5.74, 6) is 1.87. The molecule has 0 aliphatic rings. The number of ether oxygens (including phenoxy) is 3. The highest BCUT2D eigenvalue weighted by atomic mass is 16.5. The zero-order valence-electron chi connectivity index (χ0n) is 12.6. The Labute approximate surface area is 120 Å². The topological polar surface area (TPSA) is 65.5 Å². The molecule has 1 heterocycles. The van der Waals surface area contributed by atoms with Crippen molar-refractivity contribution < 1.29 is 14.2 Å². The van der Waals surface area contributed by atoms with Crippen molar-refractivity contribution in [3.05, 3.63) is 11.9 Å². The van der Waals surface area contributed by atoms with Gasteiger partial charge in [0.1, 0.15) is 19.0 Å². The van der Waals surface area contributed by atoms with E-state index in [1.54, 1.807) is 6.07 Å². The summed E-state index contributed by atoms with van der Waals surface area (Å²) in [6, 6.07) is 1.77. The van der Waals surface area contributed by atoms with Gasteiger partial charge in [-0.05, 0) is 13.3 Å². The maximum absolute atomic E-state index is 5.58. The summed E-state index contributed by atoms with van der Waals surface area (Å²) >= 11 is 0. The van der Waals surface area contributed by atoms with Gasteiger partial charge in [0.05, 0.1) is 6.61 Å². The van der Waals surface area contributed by atoms with Crippen LogP contribution < -0.4 is 10.1 Å². The number of unbranched alkanes of at least 4 members (excludes halogenated alkanes) is 1. The van der Waals surface area contributed by atoms with E-state index < -0.39 is 0 Å². The highest BCUT2D eigenvalue weighted by Gasteiger charge is 2.05. The molecule has 0 bridgehead atoms. The van der Waals surface area contributed by atoms with Crippen LogP contribution in [0.25, 0.3) is 0 Å². The molecule has 0 unspecified atom stereocenters. The molecule has 0 aromatic carbocycles. The first-order valence-corrected chi connectivity index (χ1v) is 7.14. The van der Waals surface area contributed by atoms with Gasteiger partial charge >= 0.3 is 0 Å². The molecule has 0 radical (unpaired) electrons. The first kappa shape index (κ1) is 16.7. The zero-order chi connectivity index (χ0) is 14.6. The average molecular weight is 283 g/mol. The van der Waals surface area contributed by atoms with Gasteiger partial charge in [0, 0.05) is 26.3 Å². The van der Waals surface area contributed by atoms with Gasteiger partial charge in [-0.3, -0.25) is 0 Å². The quantitative estimate of drug-likeness (QED) is 0.628. The molecule has 1 rings (SSSR count). The van der Waals surface area contributed by atoms with Crippen LogP contribution in [-0.2, 0) is 16.1 Å². The molecule has 0 saturated carbocycles. The Balaban J connectivity index is 2.42. The Morgan fingerprint density at radius 2 is 1.95 bits per heavy atom. The fourth-order valence-corrected chi connectivity index (χ4v) is 1.49. The fourth-order valence-electron chi connectivity index (χ4n) is 1.49. The van der Waals surface area contributed by atoms with Crippen molar-refractivity contribution >= 4 is 5.82 Å². The summed E-state index contributed by atoms with van der Waals surface area (Å²) in [4.78, 5) is 8.60. The molecule has 0 spiro atoms. The molecule has 0 aliphatic heterocycles. The number of nitrogens with one attached hydrogen (secondary N) is 1. The molecule has 20 heavy (non-hydrogen) atoms. The van der Waals surface area contributed by atoms with E-state index in [1.807, 2.05) is 14.0 Å². The molecule has 114 valence electrons. The third-order valence-electron chi connectivity index (χ3n) is 2.56. The first-order valence-electron chi connectivity index (χ1n) is 7.14. The maximum Gasteiger partial charge on any atom is 0.218 e. The van der Waals surface area contributed by atoms with Crippen molar-refractivity contribution in [2.45, 2.75) is 33.3 Å². The lowest BCUT2D eigenvalue weighted by Gasteiger charge is -2.09. The highest BCUT2D eigenvalue weighted by Crippen LogP contribution is 2.13. The van der Waals surface area contributed by atoms with Crippen molar-refractivity contribution in [1.82, 2.24) is 9.97 Å². The molecular weight excluding hydrogens is 258 g/mol. The molecule has 0 amide bonds. The van der Waals surface area contributed by atoms with Crippen LogP contribution in [-0.4, -0.2) is 43.4 Å². The van der Waals surface area contributed by atoms with Crippen LogP contribution in [0.4, 0.5) is 5.82 Å². The monoisotopic (exact) mass is 283 g/mol. The molecular formula is C14H25N3O3. The maximum atomic E-state index is 5.58. The normalized spacial score (nSPS) is 10.6. The SMILES string of the molecule is CCCCOCCOc1cc(NC)nc(COCC)n1. The van der Waals surface area contributed by atoms with E-state index in [0.29, 0.717) is 38.1 Å². The van der Waals surface area contributed by atoms with Crippen LogP contribution >= 0.6 is 0 Å². The lowest BCUT2D eigenvalue weighted by Crippen LogP contribution is -2.10. The molecule has 1 N–H and O–H groups in total. The highest BCUT2D eigenvalue weighted by molar-refractivity contribution is 5.37. The Morgan fingerprint density at radius 3 is 2.65 bits per heavy atom. The largest absolute Gasteiger partial charge is 0.475 e. The zero-order valence-corrected chi connectivity index (χ0v) is 12.6. The smallest absolute Gasteiger partial charge is 0.218 e. The summed E-state index contributed by atoms with van der Waals surface area (Å²) in [6.07, 6.45) is 2.22. The van der Waals surface area contributed by atoms with Crippen molar-refractivity contribution in [1.29, 1.82) is 0 Å². The Bertz CT molecular complexity index is 375. The number of hydrogen-bond acceptors (Lipinski definition) is 6.